The topological polar surface area (TPSA) is 78.4 Å². The Balaban J connectivity index is 2.67. The number of nitro benzene ring substituents is 1. The van der Waals surface area contributed by atoms with E-state index in [-0.39, 0.29) is 12.3 Å². The molecule has 1 rings (SSSR count). The van der Waals surface area contributed by atoms with Crippen molar-refractivity contribution in [2.45, 2.75) is 13.0 Å². The number of benzene rings is 1. The third-order valence-corrected chi connectivity index (χ3v) is 2.23. The van der Waals surface area contributed by atoms with Crippen molar-refractivity contribution in [2.75, 3.05) is 13.2 Å². The minimum Gasteiger partial charge on any atom is -0.376 e. The Morgan fingerprint density at radius 2 is 2.25 bits per heavy atom. The van der Waals surface area contributed by atoms with Gasteiger partial charge in [-0.3, -0.25) is 10.1 Å². The van der Waals surface area contributed by atoms with E-state index in [0.29, 0.717) is 23.7 Å². The largest absolute Gasteiger partial charge is 0.376 e. The van der Waals surface area contributed by atoms with E-state index in [1.54, 1.807) is 12.1 Å². The molecule has 5 nitrogen and oxygen atoms in total. The smallest absolute Gasteiger partial charge is 0.276 e. The van der Waals surface area contributed by atoms with E-state index in [1.165, 1.54) is 6.07 Å². The Morgan fingerprint density at radius 1 is 1.50 bits per heavy atom. The third kappa shape index (κ3) is 3.77. The summed E-state index contributed by atoms with van der Waals surface area (Å²) in [7, 11) is 0. The second kappa shape index (κ2) is 6.42. The first-order chi connectivity index (χ1) is 7.65. The number of hydrogen-bond donors (Lipinski definition) is 1. The maximum atomic E-state index is 10.7. The summed E-state index contributed by atoms with van der Waals surface area (Å²) in [6.07, 6.45) is 0.737. The number of nitrogens with zero attached hydrogens (tertiary/aromatic N) is 1. The molecule has 0 aliphatic rings. The molecular formula is C10H13ClN2O3. The minimum absolute atomic E-state index is 0.0137. The zero-order chi connectivity index (χ0) is 12.0. The summed E-state index contributed by atoms with van der Waals surface area (Å²) in [6.45, 7) is 1.24. The lowest BCUT2D eigenvalue weighted by Gasteiger charge is -2.04. The Kier molecular flexibility index (Phi) is 5.18. The molecule has 16 heavy (non-hydrogen) atoms. The molecule has 0 aromatic heterocycles. The van der Waals surface area contributed by atoms with Crippen molar-refractivity contribution < 1.29 is 9.66 Å². The van der Waals surface area contributed by atoms with Crippen LogP contribution >= 0.6 is 11.6 Å². The third-order valence-electron chi connectivity index (χ3n) is 1.99. The van der Waals surface area contributed by atoms with E-state index in [9.17, 15) is 10.1 Å². The van der Waals surface area contributed by atoms with Crippen molar-refractivity contribution in [1.29, 1.82) is 0 Å². The lowest BCUT2D eigenvalue weighted by molar-refractivity contribution is -0.385. The Morgan fingerprint density at radius 3 is 2.88 bits per heavy atom. The van der Waals surface area contributed by atoms with Crippen LogP contribution in [0.3, 0.4) is 0 Å². The summed E-state index contributed by atoms with van der Waals surface area (Å²) in [4.78, 5) is 10.3. The van der Waals surface area contributed by atoms with Gasteiger partial charge in [-0.05, 0) is 25.1 Å². The van der Waals surface area contributed by atoms with Gasteiger partial charge in [-0.1, -0.05) is 11.6 Å². The Hall–Kier alpha value is -1.17. The van der Waals surface area contributed by atoms with Crippen molar-refractivity contribution in [2.24, 2.45) is 5.73 Å². The van der Waals surface area contributed by atoms with Crippen molar-refractivity contribution in [3.05, 3.63) is 38.9 Å². The van der Waals surface area contributed by atoms with Gasteiger partial charge in [0.25, 0.3) is 5.69 Å². The second-order valence-electron chi connectivity index (χ2n) is 3.22. The van der Waals surface area contributed by atoms with Gasteiger partial charge >= 0.3 is 0 Å². The molecule has 1 aromatic rings. The summed E-state index contributed by atoms with van der Waals surface area (Å²) in [6, 6.07) is 4.53. The average Bonchev–Trinajstić information content (AvgIpc) is 2.26. The van der Waals surface area contributed by atoms with Crippen LogP contribution < -0.4 is 5.73 Å². The molecule has 0 amide bonds. The molecule has 0 radical (unpaired) electrons. The molecule has 0 aliphatic carbocycles. The van der Waals surface area contributed by atoms with E-state index >= 15 is 0 Å². The van der Waals surface area contributed by atoms with Crippen LogP contribution in [-0.2, 0) is 11.3 Å². The van der Waals surface area contributed by atoms with Crippen LogP contribution in [0.15, 0.2) is 18.2 Å². The fourth-order valence-corrected chi connectivity index (χ4v) is 1.36. The predicted molar refractivity (Wildman–Crippen MR) is 61.4 cm³/mol. The van der Waals surface area contributed by atoms with Crippen LogP contribution in [0.4, 0.5) is 5.69 Å². The summed E-state index contributed by atoms with van der Waals surface area (Å²) in [5.74, 6) is 0. The highest BCUT2D eigenvalue weighted by atomic mass is 35.5. The molecule has 6 heteroatoms. The van der Waals surface area contributed by atoms with Gasteiger partial charge in [0.1, 0.15) is 0 Å². The van der Waals surface area contributed by atoms with Gasteiger partial charge in [0.05, 0.1) is 17.1 Å². The Labute approximate surface area is 98.3 Å². The molecule has 2 N–H and O–H groups in total. The zero-order valence-electron chi connectivity index (χ0n) is 8.69. The van der Waals surface area contributed by atoms with Crippen LogP contribution in [0.2, 0.25) is 5.02 Å². The van der Waals surface area contributed by atoms with Crippen molar-refractivity contribution >= 4 is 17.3 Å². The molecule has 1 aromatic carbocycles. The van der Waals surface area contributed by atoms with E-state index in [2.05, 4.69) is 0 Å². The quantitative estimate of drug-likeness (QED) is 0.472. The molecule has 0 heterocycles. The fourth-order valence-electron chi connectivity index (χ4n) is 1.20. The highest BCUT2D eigenvalue weighted by Crippen LogP contribution is 2.23. The fraction of sp³-hybridized carbons (Fsp3) is 0.400. The molecule has 0 unspecified atom stereocenters. The molecule has 0 aliphatic heterocycles. The summed E-state index contributed by atoms with van der Waals surface area (Å²) >= 11 is 5.68. The average molecular weight is 245 g/mol. The first-order valence-corrected chi connectivity index (χ1v) is 5.23. The zero-order valence-corrected chi connectivity index (χ0v) is 9.44. The van der Waals surface area contributed by atoms with Gasteiger partial charge in [-0.25, -0.2) is 0 Å². The molecular weight excluding hydrogens is 232 g/mol. The lowest BCUT2D eigenvalue weighted by atomic mass is 10.2. The van der Waals surface area contributed by atoms with Crippen LogP contribution in [-0.4, -0.2) is 18.1 Å². The Bertz CT molecular complexity index is 371. The van der Waals surface area contributed by atoms with Gasteiger partial charge in [-0.2, -0.15) is 0 Å². The molecule has 0 bridgehead atoms. The maximum absolute atomic E-state index is 10.7. The number of halogens is 1. The van der Waals surface area contributed by atoms with E-state index in [0.717, 1.165) is 6.42 Å². The van der Waals surface area contributed by atoms with Crippen molar-refractivity contribution in [3.63, 3.8) is 0 Å². The number of hydrogen-bond acceptors (Lipinski definition) is 4. The molecule has 0 saturated carbocycles. The van der Waals surface area contributed by atoms with E-state index in [4.69, 9.17) is 22.1 Å². The maximum Gasteiger partial charge on any atom is 0.276 e. The number of ether oxygens (including phenoxy) is 1. The first-order valence-electron chi connectivity index (χ1n) is 4.85. The van der Waals surface area contributed by atoms with Gasteiger partial charge in [-0.15, -0.1) is 0 Å². The summed E-state index contributed by atoms with van der Waals surface area (Å²) in [5.41, 5.74) is 5.81. The predicted octanol–water partition coefficient (Wildman–Crippen LogP) is 2.11. The first kappa shape index (κ1) is 12.9. The van der Waals surface area contributed by atoms with E-state index < -0.39 is 4.92 Å². The number of nitro groups is 1. The molecule has 0 fully saturated rings. The second-order valence-corrected chi connectivity index (χ2v) is 3.66. The highest BCUT2D eigenvalue weighted by Gasteiger charge is 2.13. The molecule has 0 spiro atoms. The standard InChI is InChI=1S/C10H13ClN2O3/c11-9-3-2-8(7-16-5-1-4-12)10(6-9)13(14)15/h2-3,6H,1,4-5,7,12H2. The van der Waals surface area contributed by atoms with Crippen LogP contribution in [0, 0.1) is 10.1 Å². The van der Waals surface area contributed by atoms with Crippen LogP contribution in [0.5, 0.6) is 0 Å². The van der Waals surface area contributed by atoms with Gasteiger partial charge in [0, 0.05) is 17.7 Å². The summed E-state index contributed by atoms with van der Waals surface area (Å²) < 4.78 is 5.26. The molecule has 0 atom stereocenters. The van der Waals surface area contributed by atoms with Crippen LogP contribution in [0.1, 0.15) is 12.0 Å². The SMILES string of the molecule is NCCCOCc1ccc(Cl)cc1[N+](=O)[O-]. The number of rotatable bonds is 6. The monoisotopic (exact) mass is 244 g/mol. The van der Waals surface area contributed by atoms with Crippen LogP contribution in [0.25, 0.3) is 0 Å². The lowest BCUT2D eigenvalue weighted by Crippen LogP contribution is -2.05. The van der Waals surface area contributed by atoms with Crippen molar-refractivity contribution in [3.8, 4) is 0 Å². The minimum atomic E-state index is -0.465. The van der Waals surface area contributed by atoms with Gasteiger partial charge < -0.3 is 10.5 Å². The molecule has 0 saturated heterocycles. The van der Waals surface area contributed by atoms with Crippen molar-refractivity contribution in [1.82, 2.24) is 0 Å². The van der Waals surface area contributed by atoms with Gasteiger partial charge in [0.15, 0.2) is 0 Å². The number of nitrogens with two attached hydrogens (primary N) is 1. The van der Waals surface area contributed by atoms with Gasteiger partial charge in [0.2, 0.25) is 0 Å². The molecule has 88 valence electrons. The normalized spacial score (nSPS) is 10.4. The van der Waals surface area contributed by atoms with E-state index in [1.807, 2.05) is 0 Å². The summed E-state index contributed by atoms with van der Waals surface area (Å²) in [5, 5.41) is 11.1. The highest BCUT2D eigenvalue weighted by molar-refractivity contribution is 6.30.